The molecule has 1 saturated heterocycles. The van der Waals surface area contributed by atoms with Gasteiger partial charge in [-0.25, -0.2) is 13.8 Å². The van der Waals surface area contributed by atoms with Gasteiger partial charge in [0.25, 0.3) is 6.43 Å². The highest BCUT2D eigenvalue weighted by atomic mass is 19.3. The van der Waals surface area contributed by atoms with Gasteiger partial charge < -0.3 is 30.0 Å². The standard InChI is InChI=1S/C20H25F2N5O3/c1-10(18(23)28)24-13-4-5-14-16(8-13)29-7-6-26-11(2)19(25-20(14)26)27-12(3)30-9-15(27)17(21)22/h4-5,8,10,12,15,17,24H,6-7,9H2,1-3H3,(H2,23,28)/t10-,12?,15?/m0/s1. The Bertz CT molecular complexity index is 964. The van der Waals surface area contributed by atoms with Crippen LogP contribution in [0.2, 0.25) is 0 Å². The fraction of sp³-hybridized carbons (Fsp3) is 0.500. The van der Waals surface area contributed by atoms with Crippen molar-refractivity contribution in [3.63, 3.8) is 0 Å². The Labute approximate surface area is 172 Å². The number of nitrogens with zero attached hydrogens (tertiary/aromatic N) is 3. The third-order valence-corrected chi connectivity index (χ3v) is 5.59. The number of amides is 1. The van der Waals surface area contributed by atoms with Gasteiger partial charge in [0.15, 0.2) is 5.82 Å². The summed E-state index contributed by atoms with van der Waals surface area (Å²) in [6.07, 6.45) is -3.02. The van der Waals surface area contributed by atoms with Crippen molar-refractivity contribution in [3.05, 3.63) is 23.9 Å². The van der Waals surface area contributed by atoms with Gasteiger partial charge in [-0.15, -0.1) is 0 Å². The topological polar surface area (TPSA) is 94.6 Å². The van der Waals surface area contributed by atoms with Crippen molar-refractivity contribution in [2.75, 3.05) is 23.4 Å². The molecule has 0 aliphatic carbocycles. The zero-order chi connectivity index (χ0) is 21.6. The largest absolute Gasteiger partial charge is 0.491 e. The molecule has 3 atom stereocenters. The van der Waals surface area contributed by atoms with Gasteiger partial charge in [0, 0.05) is 11.8 Å². The van der Waals surface area contributed by atoms with E-state index in [0.717, 1.165) is 11.3 Å². The average molecular weight is 421 g/mol. The van der Waals surface area contributed by atoms with E-state index in [0.29, 0.717) is 36.2 Å². The first-order chi connectivity index (χ1) is 14.3. The first-order valence-electron chi connectivity index (χ1n) is 9.86. The van der Waals surface area contributed by atoms with Crippen LogP contribution < -0.4 is 20.7 Å². The van der Waals surface area contributed by atoms with E-state index in [2.05, 4.69) is 5.32 Å². The summed E-state index contributed by atoms with van der Waals surface area (Å²) in [5.74, 6) is 1.29. The summed E-state index contributed by atoms with van der Waals surface area (Å²) >= 11 is 0. The highest BCUT2D eigenvalue weighted by Crippen LogP contribution is 2.39. The van der Waals surface area contributed by atoms with Gasteiger partial charge in [-0.2, -0.15) is 0 Å². The van der Waals surface area contributed by atoms with E-state index in [1.54, 1.807) is 24.8 Å². The minimum Gasteiger partial charge on any atom is -0.491 e. The zero-order valence-electron chi connectivity index (χ0n) is 17.1. The van der Waals surface area contributed by atoms with Crippen LogP contribution in [0.15, 0.2) is 18.2 Å². The molecule has 30 heavy (non-hydrogen) atoms. The van der Waals surface area contributed by atoms with Crippen LogP contribution in [0.25, 0.3) is 11.4 Å². The number of rotatable bonds is 5. The monoisotopic (exact) mass is 421 g/mol. The second-order valence-corrected chi connectivity index (χ2v) is 7.57. The molecule has 1 fully saturated rings. The van der Waals surface area contributed by atoms with Crippen LogP contribution in [-0.4, -0.2) is 53.4 Å². The molecule has 2 unspecified atom stereocenters. The smallest absolute Gasteiger partial charge is 0.260 e. The number of ether oxygens (including phenoxy) is 2. The van der Waals surface area contributed by atoms with E-state index < -0.39 is 30.6 Å². The first kappa shape index (κ1) is 20.4. The zero-order valence-corrected chi connectivity index (χ0v) is 17.1. The molecule has 0 bridgehead atoms. The number of fused-ring (bicyclic) bond motifs is 3. The normalized spacial score (nSPS) is 21.6. The minimum absolute atomic E-state index is 0.0345. The Morgan fingerprint density at radius 1 is 1.40 bits per heavy atom. The van der Waals surface area contributed by atoms with E-state index in [4.69, 9.17) is 20.2 Å². The summed E-state index contributed by atoms with van der Waals surface area (Å²) in [4.78, 5) is 17.6. The number of benzene rings is 1. The predicted octanol–water partition coefficient (Wildman–Crippen LogP) is 2.35. The summed E-state index contributed by atoms with van der Waals surface area (Å²) in [7, 11) is 0. The van der Waals surface area contributed by atoms with Gasteiger partial charge in [0.1, 0.15) is 36.5 Å². The average Bonchev–Trinajstić information content (AvgIpc) is 3.16. The van der Waals surface area contributed by atoms with Crippen LogP contribution in [0.4, 0.5) is 20.3 Å². The number of imidazole rings is 1. The molecule has 4 rings (SSSR count). The number of hydrogen-bond acceptors (Lipinski definition) is 6. The summed E-state index contributed by atoms with van der Waals surface area (Å²) in [6.45, 7) is 6.20. The fourth-order valence-corrected chi connectivity index (χ4v) is 3.92. The number of carbonyl (C=O) groups is 1. The molecule has 1 aromatic heterocycles. The second-order valence-electron chi connectivity index (χ2n) is 7.57. The molecule has 0 saturated carbocycles. The van der Waals surface area contributed by atoms with Crippen molar-refractivity contribution in [3.8, 4) is 17.1 Å². The molecule has 3 heterocycles. The van der Waals surface area contributed by atoms with Crippen molar-refractivity contribution in [1.29, 1.82) is 0 Å². The van der Waals surface area contributed by atoms with Crippen LogP contribution in [0.5, 0.6) is 5.75 Å². The third kappa shape index (κ3) is 3.45. The van der Waals surface area contributed by atoms with Crippen molar-refractivity contribution in [1.82, 2.24) is 9.55 Å². The predicted molar refractivity (Wildman–Crippen MR) is 108 cm³/mol. The van der Waals surface area contributed by atoms with Crippen molar-refractivity contribution < 1.29 is 23.0 Å². The molecule has 2 aliphatic heterocycles. The van der Waals surface area contributed by atoms with Gasteiger partial charge in [0.05, 0.1) is 24.4 Å². The lowest BCUT2D eigenvalue weighted by Gasteiger charge is -2.26. The molecular formula is C20H25F2N5O3. The second kappa shape index (κ2) is 7.75. The Hall–Kier alpha value is -2.88. The lowest BCUT2D eigenvalue weighted by Crippen LogP contribution is -2.41. The van der Waals surface area contributed by atoms with Crippen LogP contribution in [-0.2, 0) is 16.1 Å². The Morgan fingerprint density at radius 3 is 2.87 bits per heavy atom. The van der Waals surface area contributed by atoms with Crippen LogP contribution in [0.1, 0.15) is 19.5 Å². The lowest BCUT2D eigenvalue weighted by molar-refractivity contribution is -0.118. The summed E-state index contributed by atoms with van der Waals surface area (Å²) < 4.78 is 40.5. The maximum Gasteiger partial charge on any atom is 0.260 e. The molecule has 1 amide bonds. The van der Waals surface area contributed by atoms with Crippen molar-refractivity contribution in [2.24, 2.45) is 5.73 Å². The number of hydrogen-bond donors (Lipinski definition) is 2. The Kier molecular flexibility index (Phi) is 5.27. The molecule has 8 nitrogen and oxygen atoms in total. The van der Waals surface area contributed by atoms with Crippen LogP contribution >= 0.6 is 0 Å². The molecule has 10 heteroatoms. The quantitative estimate of drug-likeness (QED) is 0.770. The highest BCUT2D eigenvalue weighted by Gasteiger charge is 2.40. The van der Waals surface area contributed by atoms with E-state index in [-0.39, 0.29) is 6.61 Å². The third-order valence-electron chi connectivity index (χ3n) is 5.59. The highest BCUT2D eigenvalue weighted by molar-refractivity contribution is 5.83. The summed E-state index contributed by atoms with van der Waals surface area (Å²) in [5.41, 5.74) is 7.55. The maximum atomic E-state index is 13.6. The van der Waals surface area contributed by atoms with E-state index in [9.17, 15) is 13.6 Å². The molecule has 2 aromatic rings. The number of alkyl halides is 2. The Balaban J connectivity index is 1.73. The number of nitrogens with one attached hydrogen (secondary N) is 1. The molecule has 2 aliphatic rings. The number of anilines is 2. The van der Waals surface area contributed by atoms with Crippen LogP contribution in [0, 0.1) is 6.92 Å². The Morgan fingerprint density at radius 2 is 2.17 bits per heavy atom. The van der Waals surface area contributed by atoms with Crippen molar-refractivity contribution in [2.45, 2.75) is 52.1 Å². The van der Waals surface area contributed by atoms with Gasteiger partial charge in [-0.3, -0.25) is 4.79 Å². The maximum absolute atomic E-state index is 13.6. The summed E-state index contributed by atoms with van der Waals surface area (Å²) in [5, 5.41) is 3.03. The van der Waals surface area contributed by atoms with Gasteiger partial charge in [-0.05, 0) is 32.9 Å². The van der Waals surface area contributed by atoms with Crippen LogP contribution in [0.3, 0.4) is 0 Å². The van der Waals surface area contributed by atoms with E-state index in [1.165, 1.54) is 0 Å². The fourth-order valence-electron chi connectivity index (χ4n) is 3.92. The number of primary amides is 1. The molecule has 162 valence electrons. The van der Waals surface area contributed by atoms with E-state index >= 15 is 0 Å². The molecule has 1 aromatic carbocycles. The number of carbonyl (C=O) groups excluding carboxylic acids is 1. The number of nitrogens with two attached hydrogens (primary N) is 1. The van der Waals surface area contributed by atoms with Crippen molar-refractivity contribution >= 4 is 17.4 Å². The van der Waals surface area contributed by atoms with E-state index in [1.807, 2.05) is 23.6 Å². The number of halogens is 2. The first-order valence-corrected chi connectivity index (χ1v) is 9.86. The number of aromatic nitrogens is 2. The molecule has 0 radical (unpaired) electrons. The van der Waals surface area contributed by atoms with Gasteiger partial charge in [0.2, 0.25) is 5.91 Å². The summed E-state index contributed by atoms with van der Waals surface area (Å²) in [6, 6.07) is 3.87. The van der Waals surface area contributed by atoms with Gasteiger partial charge in [-0.1, -0.05) is 0 Å². The molecule has 3 N–H and O–H groups in total. The molecular weight excluding hydrogens is 396 g/mol. The molecule has 0 spiro atoms. The minimum atomic E-state index is -2.53. The lowest BCUT2D eigenvalue weighted by atomic mass is 10.1. The SMILES string of the molecule is Cc1c(N2C(C)OCC2C(F)F)nc2n1CCOc1cc(N[C@@H](C)C(N)=O)ccc1-2. The van der Waals surface area contributed by atoms with Gasteiger partial charge >= 0.3 is 0 Å².